The van der Waals surface area contributed by atoms with Crippen LogP contribution in [-0.4, -0.2) is 25.1 Å². The number of nitrogens with zero attached hydrogens (tertiary/aromatic N) is 1. The van der Waals surface area contributed by atoms with Crippen molar-refractivity contribution in [3.05, 3.63) is 52.8 Å². The van der Waals surface area contributed by atoms with E-state index in [1.54, 1.807) is 30.6 Å². The summed E-state index contributed by atoms with van der Waals surface area (Å²) in [6.07, 6.45) is 0. The molecule has 0 spiro atoms. The molecule has 0 aliphatic rings. The van der Waals surface area contributed by atoms with Crippen molar-refractivity contribution in [3.8, 4) is 11.5 Å². The van der Waals surface area contributed by atoms with Gasteiger partial charge >= 0.3 is 0 Å². The Morgan fingerprint density at radius 3 is 2.64 bits per heavy atom. The molecule has 1 unspecified atom stereocenters. The topological polar surface area (TPSA) is 60.5 Å². The number of amides is 1. The molecule has 0 aliphatic carbocycles. The minimum absolute atomic E-state index is 0.281. The van der Waals surface area contributed by atoms with Gasteiger partial charge in [-0.15, -0.1) is 11.3 Å². The average molecular weight is 360 g/mol. The molecule has 130 valence electrons. The maximum absolute atomic E-state index is 14.3. The lowest BCUT2D eigenvalue weighted by atomic mass is 10.1. The van der Waals surface area contributed by atoms with Gasteiger partial charge < -0.3 is 14.8 Å². The standard InChI is InChI=1S/C18H17FN2O3S/c1-10(12-7-15(23-2)16(24-3)8-13(12)19)21-18(22)11-4-5-14-17(6-11)25-9-20-14/h4-10H,1-3H3,(H,21,22). The lowest BCUT2D eigenvalue weighted by Crippen LogP contribution is -2.27. The summed E-state index contributed by atoms with van der Waals surface area (Å²) in [7, 11) is 2.92. The molecule has 3 aromatic rings. The molecule has 3 rings (SSSR count). The molecule has 1 amide bonds. The molecule has 0 radical (unpaired) electrons. The van der Waals surface area contributed by atoms with Crippen molar-refractivity contribution < 1.29 is 18.7 Å². The van der Waals surface area contributed by atoms with E-state index in [2.05, 4.69) is 10.3 Å². The van der Waals surface area contributed by atoms with Crippen LogP contribution in [0.2, 0.25) is 0 Å². The predicted molar refractivity (Wildman–Crippen MR) is 95.0 cm³/mol. The number of hydrogen-bond acceptors (Lipinski definition) is 5. The second-order valence-electron chi connectivity index (χ2n) is 5.46. The number of aromatic nitrogens is 1. The summed E-state index contributed by atoms with van der Waals surface area (Å²) in [6.45, 7) is 1.72. The average Bonchev–Trinajstić information content (AvgIpc) is 3.08. The number of rotatable bonds is 5. The third kappa shape index (κ3) is 3.41. The number of benzene rings is 2. The summed E-state index contributed by atoms with van der Waals surface area (Å²) in [4.78, 5) is 16.7. The predicted octanol–water partition coefficient (Wildman–Crippen LogP) is 3.94. The Labute approximate surface area is 148 Å². The van der Waals surface area contributed by atoms with Gasteiger partial charge in [0.25, 0.3) is 5.91 Å². The van der Waals surface area contributed by atoms with Crippen molar-refractivity contribution in [3.63, 3.8) is 0 Å². The minimum atomic E-state index is -0.538. The van der Waals surface area contributed by atoms with Crippen LogP contribution in [-0.2, 0) is 0 Å². The first kappa shape index (κ1) is 17.2. The van der Waals surface area contributed by atoms with Crippen LogP contribution < -0.4 is 14.8 Å². The Kier molecular flexibility index (Phi) is 4.85. The highest BCUT2D eigenvalue weighted by Crippen LogP contribution is 2.32. The van der Waals surface area contributed by atoms with Gasteiger partial charge in [-0.1, -0.05) is 0 Å². The maximum Gasteiger partial charge on any atom is 0.251 e. The number of methoxy groups -OCH3 is 2. The number of carbonyl (C=O) groups excluding carboxylic acids is 1. The van der Waals surface area contributed by atoms with Crippen LogP contribution in [0.25, 0.3) is 10.2 Å². The van der Waals surface area contributed by atoms with Crippen molar-refractivity contribution in [2.24, 2.45) is 0 Å². The van der Waals surface area contributed by atoms with Gasteiger partial charge in [0.1, 0.15) is 5.82 Å². The largest absolute Gasteiger partial charge is 0.493 e. The molecule has 0 saturated carbocycles. The SMILES string of the molecule is COc1cc(F)c(C(C)NC(=O)c2ccc3ncsc3c2)cc1OC. The second kappa shape index (κ2) is 7.06. The first-order valence-electron chi connectivity index (χ1n) is 7.59. The number of nitrogens with one attached hydrogen (secondary N) is 1. The monoisotopic (exact) mass is 360 g/mol. The van der Waals surface area contributed by atoms with Gasteiger partial charge in [-0.3, -0.25) is 4.79 Å². The van der Waals surface area contributed by atoms with Crippen molar-refractivity contribution >= 4 is 27.5 Å². The highest BCUT2D eigenvalue weighted by atomic mass is 32.1. The highest BCUT2D eigenvalue weighted by molar-refractivity contribution is 7.16. The normalized spacial score (nSPS) is 12.0. The first-order valence-corrected chi connectivity index (χ1v) is 8.47. The van der Waals surface area contributed by atoms with E-state index in [-0.39, 0.29) is 5.91 Å². The minimum Gasteiger partial charge on any atom is -0.493 e. The molecule has 1 N–H and O–H groups in total. The second-order valence-corrected chi connectivity index (χ2v) is 6.35. The van der Waals surface area contributed by atoms with Gasteiger partial charge in [0, 0.05) is 17.2 Å². The molecule has 1 heterocycles. The summed E-state index contributed by atoms with van der Waals surface area (Å²) in [5.41, 5.74) is 3.41. The van der Waals surface area contributed by atoms with Crippen molar-refractivity contribution in [1.82, 2.24) is 10.3 Å². The molecule has 0 saturated heterocycles. The van der Waals surface area contributed by atoms with Crippen molar-refractivity contribution in [1.29, 1.82) is 0 Å². The van der Waals surface area contributed by atoms with Gasteiger partial charge in [0.15, 0.2) is 11.5 Å². The van der Waals surface area contributed by atoms with E-state index < -0.39 is 11.9 Å². The molecule has 2 aromatic carbocycles. The van der Waals surface area contributed by atoms with E-state index >= 15 is 0 Å². The van der Waals surface area contributed by atoms with Gasteiger partial charge in [-0.05, 0) is 31.2 Å². The van der Waals surface area contributed by atoms with Crippen LogP contribution >= 0.6 is 11.3 Å². The van der Waals surface area contributed by atoms with Crippen LogP contribution in [0.4, 0.5) is 4.39 Å². The van der Waals surface area contributed by atoms with E-state index in [0.717, 1.165) is 10.2 Å². The number of hydrogen-bond donors (Lipinski definition) is 1. The molecule has 0 fully saturated rings. The Morgan fingerprint density at radius 2 is 1.92 bits per heavy atom. The van der Waals surface area contributed by atoms with Gasteiger partial charge in [-0.2, -0.15) is 0 Å². The van der Waals surface area contributed by atoms with Gasteiger partial charge in [-0.25, -0.2) is 9.37 Å². The Balaban J connectivity index is 1.83. The number of carbonyl (C=O) groups is 1. The summed E-state index contributed by atoms with van der Waals surface area (Å²) in [5, 5.41) is 2.81. The van der Waals surface area contributed by atoms with Gasteiger partial charge in [0.05, 0.1) is 36.0 Å². The van der Waals surface area contributed by atoms with Crippen LogP contribution in [0, 0.1) is 5.82 Å². The lowest BCUT2D eigenvalue weighted by Gasteiger charge is -2.17. The maximum atomic E-state index is 14.3. The Bertz CT molecular complexity index is 926. The fourth-order valence-corrected chi connectivity index (χ4v) is 3.27. The summed E-state index contributed by atoms with van der Waals surface area (Å²) in [5.74, 6) is -0.0376. The quantitative estimate of drug-likeness (QED) is 0.749. The number of ether oxygens (including phenoxy) is 2. The van der Waals surface area contributed by atoms with E-state index in [1.165, 1.54) is 37.7 Å². The van der Waals surface area contributed by atoms with Crippen LogP contribution in [0.15, 0.2) is 35.8 Å². The van der Waals surface area contributed by atoms with Crippen LogP contribution in [0.3, 0.4) is 0 Å². The highest BCUT2D eigenvalue weighted by Gasteiger charge is 2.18. The molecule has 0 aliphatic heterocycles. The molecule has 1 atom stereocenters. The summed E-state index contributed by atoms with van der Waals surface area (Å²) in [6, 6.07) is 7.52. The Hall–Kier alpha value is -2.67. The van der Waals surface area contributed by atoms with E-state index in [9.17, 15) is 9.18 Å². The lowest BCUT2D eigenvalue weighted by molar-refractivity contribution is 0.0939. The van der Waals surface area contributed by atoms with E-state index in [1.807, 2.05) is 0 Å². The molecule has 25 heavy (non-hydrogen) atoms. The van der Waals surface area contributed by atoms with Crippen molar-refractivity contribution in [2.45, 2.75) is 13.0 Å². The van der Waals surface area contributed by atoms with Gasteiger partial charge in [0.2, 0.25) is 0 Å². The third-order valence-electron chi connectivity index (χ3n) is 3.91. The first-order chi connectivity index (χ1) is 12.0. The number of fused-ring (bicyclic) bond motifs is 1. The summed E-state index contributed by atoms with van der Waals surface area (Å²) >= 11 is 1.46. The summed E-state index contributed by atoms with van der Waals surface area (Å²) < 4.78 is 25.5. The molecule has 1 aromatic heterocycles. The molecular weight excluding hydrogens is 343 g/mol. The number of halogens is 1. The van der Waals surface area contributed by atoms with Crippen LogP contribution in [0.1, 0.15) is 28.9 Å². The van der Waals surface area contributed by atoms with Crippen molar-refractivity contribution in [2.75, 3.05) is 14.2 Å². The number of thiazole rings is 1. The fraction of sp³-hybridized carbons (Fsp3) is 0.222. The van der Waals surface area contributed by atoms with E-state index in [0.29, 0.717) is 22.6 Å². The van der Waals surface area contributed by atoms with Crippen LogP contribution in [0.5, 0.6) is 11.5 Å². The molecule has 7 heteroatoms. The third-order valence-corrected chi connectivity index (χ3v) is 4.70. The Morgan fingerprint density at radius 1 is 1.20 bits per heavy atom. The zero-order valence-electron chi connectivity index (χ0n) is 14.0. The zero-order chi connectivity index (χ0) is 18.0. The zero-order valence-corrected chi connectivity index (χ0v) is 14.8. The van der Waals surface area contributed by atoms with E-state index in [4.69, 9.17) is 9.47 Å². The molecular formula is C18H17FN2O3S. The smallest absolute Gasteiger partial charge is 0.251 e. The molecule has 0 bridgehead atoms. The fourth-order valence-electron chi connectivity index (χ4n) is 2.56. The molecule has 5 nitrogen and oxygen atoms in total.